The SMILES string of the molecule is O=C(COc1ccc2ncn(C3CCCCC3)c2c1)NCC(O)CN1CCc2ccccc2C1. The van der Waals surface area contributed by atoms with E-state index in [1.807, 2.05) is 24.5 Å². The second-order valence-electron chi connectivity index (χ2n) is 9.59. The average Bonchev–Trinajstić information content (AvgIpc) is 3.30. The van der Waals surface area contributed by atoms with Crippen molar-refractivity contribution in [3.8, 4) is 5.75 Å². The topological polar surface area (TPSA) is 79.6 Å². The lowest BCUT2D eigenvalue weighted by Crippen LogP contribution is -2.42. The zero-order valence-electron chi connectivity index (χ0n) is 19.7. The number of aliphatic hydroxyl groups is 1. The maximum Gasteiger partial charge on any atom is 0.258 e. The van der Waals surface area contributed by atoms with Crippen molar-refractivity contribution in [3.05, 3.63) is 59.9 Å². The van der Waals surface area contributed by atoms with E-state index in [9.17, 15) is 9.90 Å². The van der Waals surface area contributed by atoms with Gasteiger partial charge in [0.1, 0.15) is 5.75 Å². The standard InChI is InChI=1S/C27H34N4O3/c32-23(17-30-13-12-20-6-4-5-7-21(20)16-30)15-28-27(33)18-34-24-10-11-25-26(14-24)31(19-29-25)22-8-2-1-3-9-22/h4-7,10-11,14,19,22-23,32H,1-3,8-9,12-13,15-18H2,(H,28,33). The van der Waals surface area contributed by atoms with Gasteiger partial charge in [0.25, 0.3) is 5.91 Å². The van der Waals surface area contributed by atoms with Gasteiger partial charge in [-0.25, -0.2) is 4.98 Å². The molecule has 1 unspecified atom stereocenters. The second-order valence-corrected chi connectivity index (χ2v) is 9.59. The molecule has 1 aromatic heterocycles. The molecular formula is C27H34N4O3. The third-order valence-corrected chi connectivity index (χ3v) is 7.10. The molecule has 180 valence electrons. The van der Waals surface area contributed by atoms with E-state index >= 15 is 0 Å². The van der Waals surface area contributed by atoms with Crippen LogP contribution in [-0.4, -0.2) is 57.8 Å². The van der Waals surface area contributed by atoms with Crippen LogP contribution in [0.2, 0.25) is 0 Å². The highest BCUT2D eigenvalue weighted by molar-refractivity contribution is 5.79. The highest BCUT2D eigenvalue weighted by Crippen LogP contribution is 2.31. The van der Waals surface area contributed by atoms with Gasteiger partial charge in [0.2, 0.25) is 0 Å². The lowest BCUT2D eigenvalue weighted by atomic mass is 9.95. The van der Waals surface area contributed by atoms with E-state index in [2.05, 4.69) is 44.0 Å². The van der Waals surface area contributed by atoms with Gasteiger partial charge >= 0.3 is 0 Å². The summed E-state index contributed by atoms with van der Waals surface area (Å²) in [6.45, 7) is 2.44. The fourth-order valence-electron chi connectivity index (χ4n) is 5.25. The molecular weight excluding hydrogens is 428 g/mol. The quantitative estimate of drug-likeness (QED) is 0.536. The molecule has 5 rings (SSSR count). The number of aliphatic hydroxyl groups excluding tert-OH is 1. The van der Waals surface area contributed by atoms with Crippen molar-refractivity contribution in [2.75, 3.05) is 26.2 Å². The minimum atomic E-state index is -0.615. The van der Waals surface area contributed by atoms with Gasteiger partial charge in [0.15, 0.2) is 6.61 Å². The smallest absolute Gasteiger partial charge is 0.258 e. The van der Waals surface area contributed by atoms with Gasteiger partial charge in [-0.2, -0.15) is 0 Å². The predicted octanol–water partition coefficient (Wildman–Crippen LogP) is 3.46. The van der Waals surface area contributed by atoms with E-state index in [-0.39, 0.29) is 19.1 Å². The van der Waals surface area contributed by atoms with Crippen LogP contribution in [0.4, 0.5) is 0 Å². The number of nitrogens with one attached hydrogen (secondary N) is 1. The molecule has 1 aliphatic heterocycles. The molecule has 1 aliphatic carbocycles. The molecule has 3 aromatic rings. The summed E-state index contributed by atoms with van der Waals surface area (Å²) in [5, 5.41) is 13.2. The summed E-state index contributed by atoms with van der Waals surface area (Å²) >= 11 is 0. The molecule has 1 atom stereocenters. The maximum atomic E-state index is 12.3. The Balaban J connectivity index is 1.09. The number of carbonyl (C=O) groups is 1. The number of aromatic nitrogens is 2. The van der Waals surface area contributed by atoms with Gasteiger partial charge in [-0.05, 0) is 42.5 Å². The molecule has 1 saturated carbocycles. The van der Waals surface area contributed by atoms with E-state index in [1.165, 1.54) is 43.2 Å². The molecule has 7 heteroatoms. The summed E-state index contributed by atoms with van der Waals surface area (Å²) in [5.74, 6) is 0.427. The Morgan fingerprint density at radius 2 is 1.97 bits per heavy atom. The maximum absolute atomic E-state index is 12.3. The third-order valence-electron chi connectivity index (χ3n) is 7.10. The predicted molar refractivity (Wildman–Crippen MR) is 132 cm³/mol. The van der Waals surface area contributed by atoms with Crippen molar-refractivity contribution in [2.24, 2.45) is 0 Å². The largest absolute Gasteiger partial charge is 0.484 e. The van der Waals surface area contributed by atoms with Gasteiger partial charge < -0.3 is 19.7 Å². The Kier molecular flexibility index (Phi) is 7.11. The lowest BCUT2D eigenvalue weighted by Gasteiger charge is -2.30. The summed E-state index contributed by atoms with van der Waals surface area (Å²) in [6, 6.07) is 14.7. The van der Waals surface area contributed by atoms with Gasteiger partial charge in [-0.15, -0.1) is 0 Å². The molecule has 2 aliphatic rings. The minimum Gasteiger partial charge on any atom is -0.484 e. The van der Waals surface area contributed by atoms with Gasteiger partial charge in [0.05, 0.1) is 23.5 Å². The second kappa shape index (κ2) is 10.6. The molecule has 34 heavy (non-hydrogen) atoms. The van der Waals surface area contributed by atoms with Crippen molar-refractivity contribution in [1.82, 2.24) is 19.8 Å². The number of β-amino-alcohol motifs (C(OH)–C–C–N with tert-alkyl or cyclic N) is 1. The first-order valence-electron chi connectivity index (χ1n) is 12.5. The van der Waals surface area contributed by atoms with E-state index in [4.69, 9.17) is 4.74 Å². The first-order valence-corrected chi connectivity index (χ1v) is 12.5. The number of fused-ring (bicyclic) bond motifs is 2. The molecule has 2 heterocycles. The number of rotatable bonds is 8. The van der Waals surface area contributed by atoms with E-state index < -0.39 is 6.10 Å². The number of amides is 1. The van der Waals surface area contributed by atoms with Crippen LogP contribution in [-0.2, 0) is 17.8 Å². The number of carbonyl (C=O) groups excluding carboxylic acids is 1. The number of hydrogen-bond acceptors (Lipinski definition) is 5. The van der Waals surface area contributed by atoms with Crippen LogP contribution in [0, 0.1) is 0 Å². The van der Waals surface area contributed by atoms with Crippen molar-refractivity contribution in [3.63, 3.8) is 0 Å². The highest BCUT2D eigenvalue weighted by Gasteiger charge is 2.20. The first-order chi connectivity index (χ1) is 16.7. The molecule has 0 spiro atoms. The van der Waals surface area contributed by atoms with Crippen LogP contribution in [0.5, 0.6) is 5.75 Å². The summed E-state index contributed by atoms with van der Waals surface area (Å²) in [5.41, 5.74) is 4.72. The van der Waals surface area contributed by atoms with Crippen molar-refractivity contribution < 1.29 is 14.6 Å². The summed E-state index contributed by atoms with van der Waals surface area (Å²) in [7, 11) is 0. The van der Waals surface area contributed by atoms with Gasteiger partial charge in [-0.3, -0.25) is 9.69 Å². The van der Waals surface area contributed by atoms with Gasteiger partial charge in [-0.1, -0.05) is 43.5 Å². The van der Waals surface area contributed by atoms with Crippen LogP contribution >= 0.6 is 0 Å². The monoisotopic (exact) mass is 462 g/mol. The fourth-order valence-corrected chi connectivity index (χ4v) is 5.25. The van der Waals surface area contributed by atoms with Crippen LogP contribution in [0.1, 0.15) is 49.3 Å². The van der Waals surface area contributed by atoms with Crippen LogP contribution in [0.15, 0.2) is 48.8 Å². The summed E-state index contributed by atoms with van der Waals surface area (Å²) < 4.78 is 8.02. The number of nitrogens with zero attached hydrogens (tertiary/aromatic N) is 3. The van der Waals surface area contributed by atoms with Crippen molar-refractivity contribution >= 4 is 16.9 Å². The van der Waals surface area contributed by atoms with E-state index in [0.717, 1.165) is 30.5 Å². The number of benzene rings is 2. The molecule has 2 aromatic carbocycles. The van der Waals surface area contributed by atoms with Crippen molar-refractivity contribution in [2.45, 2.75) is 57.2 Å². The van der Waals surface area contributed by atoms with Gasteiger partial charge in [0, 0.05) is 38.3 Å². The Morgan fingerprint density at radius 3 is 2.82 bits per heavy atom. The van der Waals surface area contributed by atoms with E-state index in [1.54, 1.807) is 0 Å². The normalized spacial score (nSPS) is 17.9. The molecule has 1 fully saturated rings. The fraction of sp³-hybridized carbons (Fsp3) is 0.481. The minimum absolute atomic E-state index is 0.0765. The zero-order chi connectivity index (χ0) is 23.3. The first kappa shape index (κ1) is 22.9. The molecule has 7 nitrogen and oxygen atoms in total. The Labute approximate surface area is 200 Å². The number of hydrogen-bond donors (Lipinski definition) is 2. The lowest BCUT2D eigenvalue weighted by molar-refractivity contribution is -0.123. The Morgan fingerprint density at radius 1 is 1.15 bits per heavy atom. The summed E-state index contributed by atoms with van der Waals surface area (Å²) in [6.07, 6.45) is 8.52. The highest BCUT2D eigenvalue weighted by atomic mass is 16.5. The zero-order valence-corrected chi connectivity index (χ0v) is 19.7. The molecule has 2 N–H and O–H groups in total. The Bertz CT molecular complexity index is 1120. The molecule has 0 radical (unpaired) electrons. The molecule has 1 amide bonds. The van der Waals surface area contributed by atoms with Crippen molar-refractivity contribution in [1.29, 1.82) is 0 Å². The summed E-state index contributed by atoms with van der Waals surface area (Å²) in [4.78, 5) is 19.1. The average molecular weight is 463 g/mol. The molecule has 0 saturated heterocycles. The van der Waals surface area contributed by atoms with Crippen LogP contribution < -0.4 is 10.1 Å². The molecule has 0 bridgehead atoms. The van der Waals surface area contributed by atoms with Crippen LogP contribution in [0.3, 0.4) is 0 Å². The number of ether oxygens (including phenoxy) is 1. The third kappa shape index (κ3) is 5.42. The number of imidazole rings is 1. The van der Waals surface area contributed by atoms with Crippen LogP contribution in [0.25, 0.3) is 11.0 Å². The Hall–Kier alpha value is -2.90. The van der Waals surface area contributed by atoms with E-state index in [0.29, 0.717) is 18.3 Å².